The lowest BCUT2D eigenvalue weighted by molar-refractivity contribution is -0.129. The molecule has 1 amide bonds. The molecule has 0 atom stereocenters. The van der Waals surface area contributed by atoms with E-state index in [0.717, 1.165) is 0 Å². The van der Waals surface area contributed by atoms with Crippen LogP contribution in [-0.2, 0) is 4.79 Å². The maximum Gasteiger partial charge on any atom is 0.226 e. The fourth-order valence-corrected chi connectivity index (χ4v) is 1.35. The molecule has 0 aromatic heterocycles. The largest absolute Gasteiger partial charge is 0.493 e. The topological polar surface area (TPSA) is 55.6 Å². The highest BCUT2D eigenvalue weighted by Crippen LogP contribution is 2.14. The van der Waals surface area contributed by atoms with Gasteiger partial charge in [0.15, 0.2) is 0 Å². The Labute approximate surface area is 102 Å². The molecule has 92 valence electrons. The zero-order chi connectivity index (χ0) is 12.7. The van der Waals surface area contributed by atoms with Gasteiger partial charge < -0.3 is 15.4 Å². The molecule has 0 fully saturated rings. The second-order valence-corrected chi connectivity index (χ2v) is 3.73. The number of carbonyl (C=O) groups excluding carboxylic acids is 1. The minimum atomic E-state index is 0.0359. The molecule has 4 nitrogen and oxygen atoms in total. The summed E-state index contributed by atoms with van der Waals surface area (Å²) >= 11 is 0. The zero-order valence-electron chi connectivity index (χ0n) is 10.1. The van der Waals surface area contributed by atoms with E-state index in [1.807, 2.05) is 12.1 Å². The van der Waals surface area contributed by atoms with E-state index in [1.165, 1.54) is 0 Å². The van der Waals surface area contributed by atoms with Gasteiger partial charge in [-0.1, -0.05) is 12.1 Å². The van der Waals surface area contributed by atoms with E-state index in [0.29, 0.717) is 31.0 Å². The average molecular weight is 234 g/mol. The summed E-state index contributed by atoms with van der Waals surface area (Å²) in [5.74, 6) is 0.720. The highest BCUT2D eigenvalue weighted by Gasteiger charge is 2.06. The third kappa shape index (κ3) is 4.59. The Bertz CT molecular complexity index is 391. The Kier molecular flexibility index (Phi) is 5.07. The van der Waals surface area contributed by atoms with Gasteiger partial charge in [0, 0.05) is 25.3 Å². The van der Waals surface area contributed by atoms with Gasteiger partial charge in [-0.15, -0.1) is 6.58 Å². The Morgan fingerprint density at radius 3 is 3.00 bits per heavy atom. The van der Waals surface area contributed by atoms with Crippen LogP contribution >= 0.6 is 0 Å². The van der Waals surface area contributed by atoms with E-state index < -0.39 is 0 Å². The van der Waals surface area contributed by atoms with Crippen LogP contribution < -0.4 is 10.5 Å². The van der Waals surface area contributed by atoms with Gasteiger partial charge in [0.05, 0.1) is 13.0 Å². The maximum absolute atomic E-state index is 11.6. The van der Waals surface area contributed by atoms with Crippen molar-refractivity contribution in [2.75, 3.05) is 25.9 Å². The van der Waals surface area contributed by atoms with Crippen molar-refractivity contribution in [3.63, 3.8) is 0 Å². The van der Waals surface area contributed by atoms with E-state index in [4.69, 9.17) is 10.5 Å². The Morgan fingerprint density at radius 2 is 2.35 bits per heavy atom. The first-order valence-electron chi connectivity index (χ1n) is 5.46. The summed E-state index contributed by atoms with van der Waals surface area (Å²) in [6.07, 6.45) is 2.04. The number of nitrogens with zero attached hydrogens (tertiary/aromatic N) is 1. The number of nitrogens with two attached hydrogens (primary N) is 1. The van der Waals surface area contributed by atoms with Crippen molar-refractivity contribution in [3.05, 3.63) is 36.9 Å². The van der Waals surface area contributed by atoms with Gasteiger partial charge in [0.25, 0.3) is 0 Å². The smallest absolute Gasteiger partial charge is 0.226 e. The number of anilines is 1. The Hall–Kier alpha value is -1.97. The van der Waals surface area contributed by atoms with Crippen molar-refractivity contribution in [1.29, 1.82) is 0 Å². The van der Waals surface area contributed by atoms with Gasteiger partial charge in [-0.2, -0.15) is 0 Å². The first-order valence-corrected chi connectivity index (χ1v) is 5.46. The molecule has 0 radical (unpaired) electrons. The molecule has 0 bridgehead atoms. The lowest BCUT2D eigenvalue weighted by Crippen LogP contribution is -2.27. The number of benzene rings is 1. The second kappa shape index (κ2) is 6.58. The van der Waals surface area contributed by atoms with Crippen LogP contribution in [0.1, 0.15) is 6.42 Å². The second-order valence-electron chi connectivity index (χ2n) is 3.73. The van der Waals surface area contributed by atoms with Gasteiger partial charge in [-0.05, 0) is 12.1 Å². The summed E-state index contributed by atoms with van der Waals surface area (Å²) in [5.41, 5.74) is 6.26. The van der Waals surface area contributed by atoms with E-state index >= 15 is 0 Å². The predicted octanol–water partition coefficient (Wildman–Crippen LogP) is 1.68. The fourth-order valence-electron chi connectivity index (χ4n) is 1.35. The fraction of sp³-hybridized carbons (Fsp3) is 0.308. The maximum atomic E-state index is 11.6. The summed E-state index contributed by atoms with van der Waals surface area (Å²) in [5, 5.41) is 0. The van der Waals surface area contributed by atoms with Gasteiger partial charge in [-0.3, -0.25) is 4.79 Å². The lowest BCUT2D eigenvalue weighted by atomic mass is 10.3. The Morgan fingerprint density at radius 1 is 1.59 bits per heavy atom. The molecule has 0 heterocycles. The summed E-state index contributed by atoms with van der Waals surface area (Å²) in [6, 6.07) is 7.15. The van der Waals surface area contributed by atoms with Crippen LogP contribution in [0.5, 0.6) is 5.75 Å². The highest BCUT2D eigenvalue weighted by molar-refractivity contribution is 5.76. The molecule has 1 rings (SSSR count). The minimum absolute atomic E-state index is 0.0359. The minimum Gasteiger partial charge on any atom is -0.493 e. The molecule has 0 aliphatic rings. The monoisotopic (exact) mass is 234 g/mol. The van der Waals surface area contributed by atoms with Crippen LogP contribution in [0.2, 0.25) is 0 Å². The molecule has 0 aliphatic heterocycles. The molecule has 0 saturated carbocycles. The number of amides is 1. The third-order valence-electron chi connectivity index (χ3n) is 2.27. The van der Waals surface area contributed by atoms with Crippen molar-refractivity contribution in [1.82, 2.24) is 4.90 Å². The number of nitrogen functional groups attached to an aromatic ring is 1. The number of carbonyl (C=O) groups is 1. The van der Waals surface area contributed by atoms with Gasteiger partial charge in [-0.25, -0.2) is 0 Å². The van der Waals surface area contributed by atoms with E-state index in [9.17, 15) is 4.79 Å². The molecule has 4 heteroatoms. The average Bonchev–Trinajstić information content (AvgIpc) is 2.29. The van der Waals surface area contributed by atoms with Crippen LogP contribution in [0.4, 0.5) is 5.69 Å². The third-order valence-corrected chi connectivity index (χ3v) is 2.27. The summed E-state index contributed by atoms with van der Waals surface area (Å²) in [7, 11) is 1.74. The molecule has 1 aromatic rings. The number of hydrogen-bond acceptors (Lipinski definition) is 3. The normalized spacial score (nSPS) is 9.71. The summed E-state index contributed by atoms with van der Waals surface area (Å²) in [4.78, 5) is 13.2. The molecule has 2 N–H and O–H groups in total. The predicted molar refractivity (Wildman–Crippen MR) is 68.8 cm³/mol. The first kappa shape index (κ1) is 13.1. The molecular weight excluding hydrogens is 216 g/mol. The van der Waals surface area contributed by atoms with Gasteiger partial charge in [0.1, 0.15) is 5.75 Å². The number of likely N-dealkylation sites (N-methyl/N-ethyl adjacent to an activating group) is 1. The quantitative estimate of drug-likeness (QED) is 0.602. The zero-order valence-corrected chi connectivity index (χ0v) is 10.1. The van der Waals surface area contributed by atoms with Crippen molar-refractivity contribution in [2.24, 2.45) is 0 Å². The summed E-state index contributed by atoms with van der Waals surface area (Å²) in [6.45, 7) is 4.49. The van der Waals surface area contributed by atoms with E-state index in [2.05, 4.69) is 6.58 Å². The molecule has 1 aromatic carbocycles. The van der Waals surface area contributed by atoms with Gasteiger partial charge >= 0.3 is 0 Å². The van der Waals surface area contributed by atoms with Crippen LogP contribution in [0, 0.1) is 0 Å². The van der Waals surface area contributed by atoms with Crippen LogP contribution in [-0.4, -0.2) is 31.0 Å². The van der Waals surface area contributed by atoms with Crippen molar-refractivity contribution in [3.8, 4) is 5.75 Å². The molecule has 0 saturated heterocycles. The molecule has 0 spiro atoms. The van der Waals surface area contributed by atoms with E-state index in [-0.39, 0.29) is 5.91 Å². The van der Waals surface area contributed by atoms with Crippen LogP contribution in [0.25, 0.3) is 0 Å². The molecule has 0 aliphatic carbocycles. The number of rotatable bonds is 6. The van der Waals surface area contributed by atoms with Crippen LogP contribution in [0.3, 0.4) is 0 Å². The summed E-state index contributed by atoms with van der Waals surface area (Å²) < 4.78 is 5.43. The number of hydrogen-bond donors (Lipinski definition) is 1. The van der Waals surface area contributed by atoms with Crippen molar-refractivity contribution in [2.45, 2.75) is 6.42 Å². The highest BCUT2D eigenvalue weighted by atomic mass is 16.5. The van der Waals surface area contributed by atoms with E-state index in [1.54, 1.807) is 30.2 Å². The van der Waals surface area contributed by atoms with Gasteiger partial charge in [0.2, 0.25) is 5.91 Å². The lowest BCUT2D eigenvalue weighted by Gasteiger charge is -2.14. The van der Waals surface area contributed by atoms with Crippen molar-refractivity contribution >= 4 is 11.6 Å². The molecule has 17 heavy (non-hydrogen) atoms. The van der Waals surface area contributed by atoms with Crippen molar-refractivity contribution < 1.29 is 9.53 Å². The van der Waals surface area contributed by atoms with Crippen LogP contribution in [0.15, 0.2) is 36.9 Å². The molecular formula is C13H18N2O2. The molecule has 0 unspecified atom stereocenters. The SMILES string of the molecule is C=CCN(C)C(=O)CCOc1cccc(N)c1. The Balaban J connectivity index is 2.32. The number of ether oxygens (including phenoxy) is 1. The first-order chi connectivity index (χ1) is 8.13. The standard InChI is InChI=1S/C13H18N2O2/c1-3-8-15(2)13(16)7-9-17-12-6-4-5-11(14)10-12/h3-6,10H,1,7-9,14H2,2H3.